The second-order valence-electron chi connectivity index (χ2n) is 7.41. The first-order chi connectivity index (χ1) is 12.9. The van der Waals surface area contributed by atoms with Gasteiger partial charge in [-0.3, -0.25) is 4.99 Å². The highest BCUT2D eigenvalue weighted by molar-refractivity contribution is 14.0. The van der Waals surface area contributed by atoms with E-state index in [4.69, 9.17) is 4.74 Å². The Bertz CT molecular complexity index is 719. The maximum atomic E-state index is 11.3. The highest BCUT2D eigenvalue weighted by atomic mass is 127. The molecule has 1 aromatic carbocycles. The molecule has 1 saturated carbocycles. The van der Waals surface area contributed by atoms with E-state index in [1.165, 1.54) is 25.5 Å². The van der Waals surface area contributed by atoms with Gasteiger partial charge in [0.1, 0.15) is 15.6 Å². The summed E-state index contributed by atoms with van der Waals surface area (Å²) in [5.41, 5.74) is 1.12. The average Bonchev–Trinajstić information content (AvgIpc) is 2.64. The van der Waals surface area contributed by atoms with Crippen LogP contribution in [0.15, 0.2) is 29.3 Å². The predicted molar refractivity (Wildman–Crippen MR) is 126 cm³/mol. The van der Waals surface area contributed by atoms with Crippen LogP contribution < -0.4 is 15.4 Å². The van der Waals surface area contributed by atoms with E-state index in [-0.39, 0.29) is 35.8 Å². The van der Waals surface area contributed by atoms with Gasteiger partial charge in [-0.1, -0.05) is 18.6 Å². The number of nitrogens with zero attached hydrogens (tertiary/aromatic N) is 1. The topological polar surface area (TPSA) is 79.8 Å². The molecule has 0 aromatic heterocycles. The first-order valence-electron chi connectivity index (χ1n) is 9.76. The van der Waals surface area contributed by atoms with E-state index in [1.807, 2.05) is 19.1 Å². The Morgan fingerprint density at radius 3 is 2.64 bits per heavy atom. The Labute approximate surface area is 186 Å². The molecule has 8 heteroatoms. The summed E-state index contributed by atoms with van der Waals surface area (Å²) in [4.78, 5) is 4.22. The molecule has 6 nitrogen and oxygen atoms in total. The molecule has 1 fully saturated rings. The molecule has 1 aromatic rings. The number of hydrogen-bond donors (Lipinski definition) is 2. The highest BCUT2D eigenvalue weighted by Crippen LogP contribution is 2.23. The van der Waals surface area contributed by atoms with Crippen LogP contribution in [0.1, 0.15) is 51.0 Å². The van der Waals surface area contributed by atoms with E-state index >= 15 is 0 Å². The fraction of sp³-hybridized carbons (Fsp3) is 0.650. The van der Waals surface area contributed by atoms with Crippen LogP contribution in [-0.4, -0.2) is 45.6 Å². The number of rotatable bonds is 8. The van der Waals surface area contributed by atoms with Crippen molar-refractivity contribution in [2.75, 3.05) is 19.1 Å². The van der Waals surface area contributed by atoms with Gasteiger partial charge in [-0.25, -0.2) is 8.42 Å². The number of aliphatic imine (C=N–C) groups is 1. The summed E-state index contributed by atoms with van der Waals surface area (Å²) in [7, 11) is -1.24. The summed E-state index contributed by atoms with van der Waals surface area (Å²) in [5, 5.41) is 6.51. The maximum Gasteiger partial charge on any atom is 0.191 e. The zero-order chi connectivity index (χ0) is 19.7. The van der Waals surface area contributed by atoms with Gasteiger partial charge in [0.2, 0.25) is 0 Å². The van der Waals surface area contributed by atoms with Crippen LogP contribution in [0.25, 0.3) is 0 Å². The monoisotopic (exact) mass is 523 g/mol. The third kappa shape index (κ3) is 9.95. The van der Waals surface area contributed by atoms with Crippen LogP contribution in [0.4, 0.5) is 0 Å². The normalized spacial score (nSPS) is 16.8. The number of ether oxygens (including phenoxy) is 1. The Hall–Kier alpha value is -1.03. The number of hydrogen-bond acceptors (Lipinski definition) is 4. The second-order valence-corrected chi connectivity index (χ2v) is 9.67. The van der Waals surface area contributed by atoms with Crippen LogP contribution in [-0.2, 0) is 16.4 Å². The van der Waals surface area contributed by atoms with Crippen LogP contribution in [0, 0.1) is 0 Å². The Kier molecular flexibility index (Phi) is 11.2. The zero-order valence-corrected chi connectivity index (χ0v) is 20.3. The number of benzene rings is 1. The first kappa shape index (κ1) is 25.0. The molecule has 1 aliphatic rings. The number of nitrogens with one attached hydrogen (secondary N) is 2. The van der Waals surface area contributed by atoms with Crippen LogP contribution in [0.3, 0.4) is 0 Å². The molecule has 0 radical (unpaired) electrons. The summed E-state index contributed by atoms with van der Waals surface area (Å²) in [6.07, 6.45) is 8.26. The molecular weight excluding hydrogens is 489 g/mol. The summed E-state index contributed by atoms with van der Waals surface area (Å²) in [6, 6.07) is 8.17. The molecule has 0 aliphatic heterocycles. The van der Waals surface area contributed by atoms with E-state index in [2.05, 4.69) is 27.8 Å². The van der Waals surface area contributed by atoms with Crippen LogP contribution >= 0.6 is 24.0 Å². The molecule has 0 heterocycles. The van der Waals surface area contributed by atoms with E-state index in [9.17, 15) is 8.42 Å². The fourth-order valence-electron chi connectivity index (χ4n) is 3.18. The van der Waals surface area contributed by atoms with E-state index in [0.717, 1.165) is 24.2 Å². The Balaban J connectivity index is 0.00000392. The molecule has 0 spiro atoms. The first-order valence-corrected chi connectivity index (χ1v) is 11.8. The van der Waals surface area contributed by atoms with E-state index in [1.54, 1.807) is 7.05 Å². The summed E-state index contributed by atoms with van der Waals surface area (Å²) in [6.45, 7) is 2.58. The maximum absolute atomic E-state index is 11.3. The number of guanidine groups is 1. The van der Waals surface area contributed by atoms with Gasteiger partial charge in [0.25, 0.3) is 0 Å². The summed E-state index contributed by atoms with van der Waals surface area (Å²) in [5.74, 6) is 1.75. The van der Waals surface area contributed by atoms with Crippen molar-refractivity contribution in [1.29, 1.82) is 0 Å². The molecule has 1 aliphatic carbocycles. The molecular formula is C20H34IN3O3S. The highest BCUT2D eigenvalue weighted by Gasteiger charge is 2.15. The average molecular weight is 523 g/mol. The summed E-state index contributed by atoms with van der Waals surface area (Å²) < 4.78 is 28.7. The minimum Gasteiger partial charge on any atom is -0.490 e. The van der Waals surface area contributed by atoms with Crippen molar-refractivity contribution in [3.63, 3.8) is 0 Å². The molecule has 0 saturated heterocycles. The second kappa shape index (κ2) is 12.5. The minimum atomic E-state index is -2.95. The molecule has 1 unspecified atom stereocenters. The van der Waals surface area contributed by atoms with Gasteiger partial charge in [0.15, 0.2) is 5.96 Å². The van der Waals surface area contributed by atoms with Crippen molar-refractivity contribution < 1.29 is 13.2 Å². The molecule has 0 bridgehead atoms. The molecule has 2 rings (SSSR count). The van der Waals surface area contributed by atoms with Crippen molar-refractivity contribution in [2.45, 2.75) is 64.1 Å². The lowest BCUT2D eigenvalue weighted by Gasteiger charge is -2.23. The zero-order valence-electron chi connectivity index (χ0n) is 17.1. The number of halogens is 1. The molecule has 160 valence electrons. The van der Waals surface area contributed by atoms with Gasteiger partial charge in [0, 0.05) is 25.9 Å². The van der Waals surface area contributed by atoms with E-state index < -0.39 is 9.84 Å². The van der Waals surface area contributed by atoms with E-state index in [0.29, 0.717) is 25.0 Å². The van der Waals surface area contributed by atoms with Gasteiger partial charge < -0.3 is 15.4 Å². The Morgan fingerprint density at radius 2 is 2.00 bits per heavy atom. The van der Waals surface area contributed by atoms with Gasteiger partial charge >= 0.3 is 0 Å². The summed E-state index contributed by atoms with van der Waals surface area (Å²) >= 11 is 0. The largest absolute Gasteiger partial charge is 0.490 e. The van der Waals surface area contributed by atoms with Crippen molar-refractivity contribution in [3.8, 4) is 5.75 Å². The fourth-order valence-corrected chi connectivity index (χ4v) is 3.96. The molecule has 2 N–H and O–H groups in total. The lowest BCUT2D eigenvalue weighted by atomic mass is 9.98. The van der Waals surface area contributed by atoms with Gasteiger partial charge in [0.05, 0.1) is 11.9 Å². The SMILES string of the molecule is CN=C(NCc1cccc(OC2CCCCC2)c1)NC(C)CCS(C)(=O)=O.I. The lowest BCUT2D eigenvalue weighted by molar-refractivity contribution is 0.155. The predicted octanol–water partition coefficient (Wildman–Crippen LogP) is 3.50. The van der Waals surface area contributed by atoms with Crippen molar-refractivity contribution in [3.05, 3.63) is 29.8 Å². The van der Waals surface area contributed by atoms with Crippen molar-refractivity contribution in [1.82, 2.24) is 10.6 Å². The third-order valence-corrected chi connectivity index (χ3v) is 5.72. The minimum absolute atomic E-state index is 0. The molecule has 0 amide bonds. The molecule has 1 atom stereocenters. The van der Waals surface area contributed by atoms with Gasteiger partial charge in [-0.2, -0.15) is 0 Å². The van der Waals surface area contributed by atoms with Gasteiger partial charge in [-0.15, -0.1) is 24.0 Å². The molecule has 28 heavy (non-hydrogen) atoms. The third-order valence-electron chi connectivity index (χ3n) is 4.74. The van der Waals surface area contributed by atoms with Crippen molar-refractivity contribution in [2.24, 2.45) is 4.99 Å². The quantitative estimate of drug-likeness (QED) is 0.310. The van der Waals surface area contributed by atoms with Crippen LogP contribution in [0.5, 0.6) is 5.75 Å². The van der Waals surface area contributed by atoms with Crippen LogP contribution in [0.2, 0.25) is 0 Å². The Morgan fingerprint density at radius 1 is 1.29 bits per heavy atom. The number of sulfone groups is 1. The van der Waals surface area contributed by atoms with Gasteiger partial charge in [-0.05, 0) is 56.7 Å². The lowest BCUT2D eigenvalue weighted by Crippen LogP contribution is -2.42. The van der Waals surface area contributed by atoms with Crippen molar-refractivity contribution >= 4 is 39.8 Å². The smallest absolute Gasteiger partial charge is 0.191 e. The standard InChI is InChI=1S/C20H33N3O3S.HI/c1-16(12-13-27(3,24)25)23-20(21-2)22-15-17-8-7-11-19(14-17)26-18-9-5-4-6-10-18;/h7-8,11,14,16,18H,4-6,9-10,12-13,15H2,1-3H3,(H2,21,22,23);1H.